The second-order valence-corrected chi connectivity index (χ2v) is 4.24. The summed E-state index contributed by atoms with van der Waals surface area (Å²) in [6, 6.07) is 7.58. The van der Waals surface area contributed by atoms with Crippen LogP contribution < -0.4 is 0 Å². The highest BCUT2D eigenvalue weighted by Gasteiger charge is 2.56. The largest absolute Gasteiger partial charge is 0.405 e. The van der Waals surface area contributed by atoms with Crippen molar-refractivity contribution in [3.8, 4) is 0 Å². The first kappa shape index (κ1) is 11.5. The van der Waals surface area contributed by atoms with Gasteiger partial charge in [-0.25, -0.2) is 9.44 Å². The maximum atomic E-state index is 11.0. The molecule has 0 saturated carbocycles. The molecule has 7 nitrogen and oxygen atoms in total. The van der Waals surface area contributed by atoms with E-state index in [0.29, 0.717) is 0 Å². The molecule has 0 spiro atoms. The zero-order valence-electron chi connectivity index (χ0n) is 7.81. The van der Waals surface area contributed by atoms with Crippen LogP contribution in [0.5, 0.6) is 0 Å². The van der Waals surface area contributed by atoms with E-state index in [1.54, 1.807) is 18.2 Å². The molecule has 2 atom stereocenters. The Labute approximate surface area is 91.1 Å². The van der Waals surface area contributed by atoms with Crippen LogP contribution in [0.15, 0.2) is 30.3 Å². The van der Waals surface area contributed by atoms with Gasteiger partial charge in [-0.3, -0.25) is 0 Å². The van der Waals surface area contributed by atoms with Crippen molar-refractivity contribution in [2.75, 3.05) is 0 Å². The number of hydrogen-bond donors (Lipinski definition) is 2. The maximum absolute atomic E-state index is 11.0. The second-order valence-electron chi connectivity index (χ2n) is 3.06. The maximum Gasteiger partial charge on any atom is 0.405 e. The fraction of sp³-hybridized carbons (Fsp3) is 0.250. The molecule has 0 amide bonds. The van der Waals surface area contributed by atoms with E-state index in [1.807, 2.05) is 0 Å². The van der Waals surface area contributed by atoms with Gasteiger partial charge in [0.2, 0.25) is 6.29 Å². The highest BCUT2D eigenvalue weighted by atomic mass is 32.3. The van der Waals surface area contributed by atoms with Crippen molar-refractivity contribution in [2.45, 2.75) is 12.1 Å². The topological polar surface area (TPSA) is 102 Å². The van der Waals surface area contributed by atoms with Gasteiger partial charge in [-0.15, -0.1) is 0 Å². The molecular formula is C8H8O7S. The van der Waals surface area contributed by atoms with E-state index in [1.165, 1.54) is 12.1 Å². The molecule has 2 rings (SSSR count). The minimum absolute atomic E-state index is 0.103. The van der Waals surface area contributed by atoms with Crippen molar-refractivity contribution in [1.82, 2.24) is 0 Å². The molecule has 0 radical (unpaired) electrons. The van der Waals surface area contributed by atoms with Gasteiger partial charge in [0.15, 0.2) is 0 Å². The Morgan fingerprint density at radius 3 is 2.38 bits per heavy atom. The average molecular weight is 248 g/mol. The highest BCUT2D eigenvalue weighted by Crippen LogP contribution is 2.39. The van der Waals surface area contributed by atoms with Gasteiger partial charge in [0, 0.05) is 5.56 Å². The van der Waals surface area contributed by atoms with Crippen LogP contribution >= 0.6 is 0 Å². The first-order valence-electron chi connectivity index (χ1n) is 4.20. The normalized spacial score (nSPS) is 32.8. The molecule has 1 heterocycles. The van der Waals surface area contributed by atoms with Crippen molar-refractivity contribution >= 4 is 10.4 Å². The summed E-state index contributed by atoms with van der Waals surface area (Å²) in [5.74, 6) is -2.28. The van der Waals surface area contributed by atoms with Crippen molar-refractivity contribution in [3.05, 3.63) is 35.9 Å². The van der Waals surface area contributed by atoms with E-state index in [4.69, 9.17) is 5.26 Å². The molecule has 1 aliphatic heterocycles. The standard InChI is InChI=1S/C8H8O7S/c9-7-8(14-10,15-16(11,12)13-7)6-4-2-1-3-5-6/h1-5,7,9-10H. The Bertz CT molecular complexity index is 470. The number of hydrogen-bond acceptors (Lipinski definition) is 7. The van der Waals surface area contributed by atoms with Crippen molar-refractivity contribution < 1.29 is 32.0 Å². The summed E-state index contributed by atoms with van der Waals surface area (Å²) in [5, 5.41) is 18.2. The van der Waals surface area contributed by atoms with Gasteiger partial charge in [-0.2, -0.15) is 17.5 Å². The Kier molecular flexibility index (Phi) is 2.70. The van der Waals surface area contributed by atoms with Crippen LogP contribution in [-0.4, -0.2) is 25.1 Å². The minimum atomic E-state index is -4.40. The van der Waals surface area contributed by atoms with Crippen LogP contribution in [-0.2, 0) is 29.4 Å². The second kappa shape index (κ2) is 3.77. The molecule has 1 saturated heterocycles. The van der Waals surface area contributed by atoms with Gasteiger partial charge in [0.05, 0.1) is 0 Å². The van der Waals surface area contributed by atoms with Crippen LogP contribution in [0.2, 0.25) is 0 Å². The molecule has 1 aromatic carbocycles. The summed E-state index contributed by atoms with van der Waals surface area (Å²) in [6.07, 6.45) is -1.98. The summed E-state index contributed by atoms with van der Waals surface area (Å²) in [7, 11) is -4.40. The van der Waals surface area contributed by atoms with E-state index < -0.39 is 22.5 Å². The van der Waals surface area contributed by atoms with Crippen LogP contribution in [0.25, 0.3) is 0 Å². The zero-order valence-corrected chi connectivity index (χ0v) is 8.62. The minimum Gasteiger partial charge on any atom is -0.362 e. The third-order valence-electron chi connectivity index (χ3n) is 2.07. The Hall–Kier alpha value is -1.03. The molecule has 0 aliphatic carbocycles. The van der Waals surface area contributed by atoms with E-state index >= 15 is 0 Å². The Morgan fingerprint density at radius 1 is 1.31 bits per heavy atom. The van der Waals surface area contributed by atoms with Gasteiger partial charge in [0.25, 0.3) is 5.79 Å². The van der Waals surface area contributed by atoms with Crippen molar-refractivity contribution in [3.63, 3.8) is 0 Å². The first-order valence-corrected chi connectivity index (χ1v) is 5.53. The van der Waals surface area contributed by atoms with Gasteiger partial charge >= 0.3 is 10.4 Å². The lowest BCUT2D eigenvalue weighted by molar-refractivity contribution is -0.416. The summed E-state index contributed by atoms with van der Waals surface area (Å²) < 4.78 is 30.5. The Balaban J connectivity index is 2.50. The molecular weight excluding hydrogens is 240 g/mol. The summed E-state index contributed by atoms with van der Waals surface area (Å²) in [5.41, 5.74) is 0.103. The number of aliphatic hydroxyl groups excluding tert-OH is 1. The SMILES string of the molecule is O=S1(=O)OC(O)C(OO)(c2ccccc2)O1. The summed E-state index contributed by atoms with van der Waals surface area (Å²) >= 11 is 0. The molecule has 88 valence electrons. The molecule has 1 aliphatic rings. The molecule has 1 fully saturated rings. The quantitative estimate of drug-likeness (QED) is 0.558. The summed E-state index contributed by atoms with van der Waals surface area (Å²) in [4.78, 5) is 3.96. The van der Waals surface area contributed by atoms with Crippen LogP contribution in [0.4, 0.5) is 0 Å². The lowest BCUT2D eigenvalue weighted by Gasteiger charge is -2.23. The predicted molar refractivity (Wildman–Crippen MR) is 48.9 cm³/mol. The fourth-order valence-corrected chi connectivity index (χ4v) is 2.26. The van der Waals surface area contributed by atoms with Gasteiger partial charge in [-0.1, -0.05) is 30.3 Å². The predicted octanol–water partition coefficient (Wildman–Crippen LogP) is -0.0610. The van der Waals surface area contributed by atoms with E-state index in [0.717, 1.165) is 0 Å². The van der Waals surface area contributed by atoms with Gasteiger partial charge < -0.3 is 5.11 Å². The lowest BCUT2D eigenvalue weighted by Crippen LogP contribution is -2.39. The molecule has 8 heteroatoms. The molecule has 2 unspecified atom stereocenters. The number of benzene rings is 1. The monoisotopic (exact) mass is 248 g/mol. The van der Waals surface area contributed by atoms with Gasteiger partial charge in [-0.05, 0) is 0 Å². The molecule has 0 aromatic heterocycles. The third kappa shape index (κ3) is 1.71. The highest BCUT2D eigenvalue weighted by molar-refractivity contribution is 7.82. The zero-order chi connectivity index (χ0) is 11.8. The Morgan fingerprint density at radius 2 is 1.94 bits per heavy atom. The van der Waals surface area contributed by atoms with Crippen LogP contribution in [0.1, 0.15) is 5.56 Å². The van der Waals surface area contributed by atoms with Crippen LogP contribution in [0, 0.1) is 0 Å². The van der Waals surface area contributed by atoms with Gasteiger partial charge in [0.1, 0.15) is 0 Å². The first-order chi connectivity index (χ1) is 7.50. The van der Waals surface area contributed by atoms with Crippen molar-refractivity contribution in [2.24, 2.45) is 0 Å². The molecule has 2 N–H and O–H groups in total. The van der Waals surface area contributed by atoms with E-state index in [2.05, 4.69) is 13.3 Å². The fourth-order valence-electron chi connectivity index (χ4n) is 1.36. The molecule has 0 bridgehead atoms. The molecule has 1 aromatic rings. The average Bonchev–Trinajstić information content (AvgIpc) is 2.50. The smallest absolute Gasteiger partial charge is 0.362 e. The van der Waals surface area contributed by atoms with Crippen molar-refractivity contribution in [1.29, 1.82) is 0 Å². The third-order valence-corrected chi connectivity index (χ3v) is 2.94. The van der Waals surface area contributed by atoms with Crippen LogP contribution in [0.3, 0.4) is 0 Å². The lowest BCUT2D eigenvalue weighted by atomic mass is 10.1. The number of aliphatic hydroxyl groups is 1. The molecule has 16 heavy (non-hydrogen) atoms. The van der Waals surface area contributed by atoms with E-state index in [9.17, 15) is 13.5 Å². The van der Waals surface area contributed by atoms with E-state index in [-0.39, 0.29) is 5.56 Å². The number of rotatable bonds is 2. The summed E-state index contributed by atoms with van der Waals surface area (Å²) in [6.45, 7) is 0.